The van der Waals surface area contributed by atoms with Crippen LogP contribution in [0.3, 0.4) is 0 Å². The zero-order chi connectivity index (χ0) is 13.1. The molecule has 18 heavy (non-hydrogen) atoms. The molecule has 2 aromatic rings. The molecule has 0 aliphatic carbocycles. The molecule has 0 amide bonds. The van der Waals surface area contributed by atoms with Gasteiger partial charge in [-0.3, -0.25) is 9.59 Å². The van der Waals surface area contributed by atoms with Crippen molar-refractivity contribution >= 4 is 11.6 Å². The maximum absolute atomic E-state index is 11.6. The van der Waals surface area contributed by atoms with E-state index in [4.69, 9.17) is 0 Å². The Morgan fingerprint density at radius 1 is 0.889 bits per heavy atom. The predicted molar refractivity (Wildman–Crippen MR) is 71.6 cm³/mol. The second kappa shape index (κ2) is 4.96. The average Bonchev–Trinajstić information content (AvgIpc) is 2.38. The Morgan fingerprint density at radius 3 is 2.17 bits per heavy atom. The van der Waals surface area contributed by atoms with Crippen LogP contribution in [0.15, 0.2) is 48.5 Å². The molecule has 0 heterocycles. The SMILES string of the molecule is CC(=O)C(=O)c1cccc(-c2ccc(C)cc2)c1. The van der Waals surface area contributed by atoms with Crippen LogP contribution in [0.25, 0.3) is 11.1 Å². The number of Topliss-reactive ketones (excluding diaryl/α,β-unsaturated/α-hetero) is 2. The van der Waals surface area contributed by atoms with Crippen LogP contribution < -0.4 is 0 Å². The summed E-state index contributed by atoms with van der Waals surface area (Å²) in [5, 5.41) is 0. The molecule has 0 aromatic heterocycles. The molecule has 0 atom stereocenters. The number of hydrogen-bond donors (Lipinski definition) is 0. The van der Waals surface area contributed by atoms with Gasteiger partial charge in [-0.05, 0) is 24.1 Å². The number of carbonyl (C=O) groups excluding carboxylic acids is 2. The van der Waals surface area contributed by atoms with Gasteiger partial charge in [0.05, 0.1) is 0 Å². The van der Waals surface area contributed by atoms with Crippen LogP contribution >= 0.6 is 0 Å². The van der Waals surface area contributed by atoms with Gasteiger partial charge < -0.3 is 0 Å². The first-order chi connectivity index (χ1) is 8.58. The molecule has 2 aromatic carbocycles. The summed E-state index contributed by atoms with van der Waals surface area (Å²) in [6, 6.07) is 15.2. The van der Waals surface area contributed by atoms with Gasteiger partial charge in [0.1, 0.15) is 0 Å². The Morgan fingerprint density at radius 2 is 1.56 bits per heavy atom. The lowest BCUT2D eigenvalue weighted by Gasteiger charge is -2.04. The van der Waals surface area contributed by atoms with Crippen molar-refractivity contribution in [3.8, 4) is 11.1 Å². The quantitative estimate of drug-likeness (QED) is 0.606. The summed E-state index contributed by atoms with van der Waals surface area (Å²) in [6.45, 7) is 3.32. The molecule has 0 fully saturated rings. The second-order valence-corrected chi connectivity index (χ2v) is 4.33. The van der Waals surface area contributed by atoms with E-state index in [0.717, 1.165) is 11.1 Å². The summed E-state index contributed by atoms with van der Waals surface area (Å²) in [4.78, 5) is 22.7. The number of benzene rings is 2. The molecular formula is C16H14O2. The molecule has 0 unspecified atom stereocenters. The first-order valence-electron chi connectivity index (χ1n) is 5.80. The van der Waals surface area contributed by atoms with Crippen LogP contribution in [-0.4, -0.2) is 11.6 Å². The number of rotatable bonds is 3. The van der Waals surface area contributed by atoms with Crippen molar-refractivity contribution in [2.24, 2.45) is 0 Å². The molecule has 90 valence electrons. The fourth-order valence-electron chi connectivity index (χ4n) is 1.79. The highest BCUT2D eigenvalue weighted by molar-refractivity contribution is 6.43. The first-order valence-corrected chi connectivity index (χ1v) is 5.80. The van der Waals surface area contributed by atoms with E-state index in [-0.39, 0.29) is 0 Å². The van der Waals surface area contributed by atoms with Crippen molar-refractivity contribution in [1.82, 2.24) is 0 Å². The number of hydrogen-bond acceptors (Lipinski definition) is 2. The second-order valence-electron chi connectivity index (χ2n) is 4.33. The minimum absolute atomic E-state index is 0.434. The third kappa shape index (κ3) is 2.54. The maximum atomic E-state index is 11.6. The molecular weight excluding hydrogens is 224 g/mol. The van der Waals surface area contributed by atoms with Gasteiger partial charge in [-0.25, -0.2) is 0 Å². The van der Waals surface area contributed by atoms with Gasteiger partial charge in [-0.15, -0.1) is 0 Å². The summed E-state index contributed by atoms with van der Waals surface area (Å²) in [5.74, 6) is -0.875. The summed E-state index contributed by atoms with van der Waals surface area (Å²) >= 11 is 0. The van der Waals surface area contributed by atoms with Crippen molar-refractivity contribution < 1.29 is 9.59 Å². The minimum atomic E-state index is -0.441. The fraction of sp³-hybridized carbons (Fsp3) is 0.125. The number of aryl methyl sites for hydroxylation is 1. The van der Waals surface area contributed by atoms with Gasteiger partial charge in [0.15, 0.2) is 5.78 Å². The van der Waals surface area contributed by atoms with Crippen molar-refractivity contribution in [1.29, 1.82) is 0 Å². The van der Waals surface area contributed by atoms with E-state index in [1.807, 2.05) is 37.3 Å². The van der Waals surface area contributed by atoms with Crippen LogP contribution in [0.5, 0.6) is 0 Å². The average molecular weight is 238 g/mol. The highest BCUT2D eigenvalue weighted by Gasteiger charge is 2.11. The van der Waals surface area contributed by atoms with E-state index in [1.54, 1.807) is 18.2 Å². The lowest BCUT2D eigenvalue weighted by atomic mass is 9.99. The highest BCUT2D eigenvalue weighted by Crippen LogP contribution is 2.21. The molecule has 2 rings (SSSR count). The van der Waals surface area contributed by atoms with E-state index in [0.29, 0.717) is 5.56 Å². The molecule has 0 radical (unpaired) electrons. The highest BCUT2D eigenvalue weighted by atomic mass is 16.2. The minimum Gasteiger partial charge on any atom is -0.291 e. The third-order valence-corrected chi connectivity index (χ3v) is 2.83. The van der Waals surface area contributed by atoms with Crippen LogP contribution in [-0.2, 0) is 4.79 Å². The zero-order valence-electron chi connectivity index (χ0n) is 10.4. The van der Waals surface area contributed by atoms with E-state index in [9.17, 15) is 9.59 Å². The first kappa shape index (κ1) is 12.2. The van der Waals surface area contributed by atoms with Gasteiger partial charge in [-0.1, -0.05) is 48.0 Å². The van der Waals surface area contributed by atoms with Gasteiger partial charge in [0, 0.05) is 12.5 Å². The lowest BCUT2D eigenvalue weighted by molar-refractivity contribution is -0.113. The monoisotopic (exact) mass is 238 g/mol. The normalized spacial score (nSPS) is 10.1. The molecule has 0 N–H and O–H groups in total. The third-order valence-electron chi connectivity index (χ3n) is 2.83. The standard InChI is InChI=1S/C16H14O2/c1-11-6-8-13(9-7-11)14-4-3-5-15(10-14)16(18)12(2)17/h3-10H,1-2H3. The van der Waals surface area contributed by atoms with Crippen LogP contribution in [0.2, 0.25) is 0 Å². The summed E-state index contributed by atoms with van der Waals surface area (Å²) in [7, 11) is 0. The largest absolute Gasteiger partial charge is 0.291 e. The van der Waals surface area contributed by atoms with E-state index >= 15 is 0 Å². The summed E-state index contributed by atoms with van der Waals surface area (Å²) in [5.41, 5.74) is 3.62. The van der Waals surface area contributed by atoms with Crippen molar-refractivity contribution in [2.45, 2.75) is 13.8 Å². The van der Waals surface area contributed by atoms with E-state index in [2.05, 4.69) is 0 Å². The molecule has 0 spiro atoms. The number of carbonyl (C=O) groups is 2. The summed E-state index contributed by atoms with van der Waals surface area (Å²) < 4.78 is 0. The Bertz CT molecular complexity index is 595. The Kier molecular flexibility index (Phi) is 3.38. The van der Waals surface area contributed by atoms with Gasteiger partial charge in [-0.2, -0.15) is 0 Å². The molecule has 0 aliphatic rings. The van der Waals surface area contributed by atoms with Crippen LogP contribution in [0.1, 0.15) is 22.8 Å². The Labute approximate surface area is 106 Å². The van der Waals surface area contributed by atoms with E-state index in [1.165, 1.54) is 12.5 Å². The Balaban J connectivity index is 2.41. The lowest BCUT2D eigenvalue weighted by Crippen LogP contribution is -2.09. The fourth-order valence-corrected chi connectivity index (χ4v) is 1.79. The topological polar surface area (TPSA) is 34.1 Å². The van der Waals surface area contributed by atoms with Crippen molar-refractivity contribution in [3.05, 3.63) is 59.7 Å². The molecule has 2 heteroatoms. The molecule has 0 bridgehead atoms. The van der Waals surface area contributed by atoms with Crippen LogP contribution in [0.4, 0.5) is 0 Å². The molecule has 0 saturated heterocycles. The van der Waals surface area contributed by atoms with E-state index < -0.39 is 11.6 Å². The predicted octanol–water partition coefficient (Wildman–Crippen LogP) is 3.43. The summed E-state index contributed by atoms with van der Waals surface area (Å²) in [6.07, 6.45) is 0. The van der Waals surface area contributed by atoms with Gasteiger partial charge in [0.2, 0.25) is 5.78 Å². The molecule has 2 nitrogen and oxygen atoms in total. The number of ketones is 2. The van der Waals surface area contributed by atoms with Gasteiger partial charge >= 0.3 is 0 Å². The van der Waals surface area contributed by atoms with Crippen molar-refractivity contribution in [3.63, 3.8) is 0 Å². The zero-order valence-corrected chi connectivity index (χ0v) is 10.4. The maximum Gasteiger partial charge on any atom is 0.228 e. The Hall–Kier alpha value is -2.22. The van der Waals surface area contributed by atoms with Crippen molar-refractivity contribution in [2.75, 3.05) is 0 Å². The molecule has 0 saturated carbocycles. The van der Waals surface area contributed by atoms with Crippen LogP contribution in [0, 0.1) is 6.92 Å². The smallest absolute Gasteiger partial charge is 0.228 e. The molecule has 0 aliphatic heterocycles. The van der Waals surface area contributed by atoms with Gasteiger partial charge in [0.25, 0.3) is 0 Å².